The Morgan fingerprint density at radius 2 is 1.89 bits per heavy atom. The summed E-state index contributed by atoms with van der Waals surface area (Å²) in [5, 5.41) is 0.149. The zero-order valence-electron chi connectivity index (χ0n) is 9.40. The molecule has 0 atom stereocenters. The minimum Gasteiger partial charge on any atom is -0.484 e. The molecule has 0 aliphatic carbocycles. The highest BCUT2D eigenvalue weighted by molar-refractivity contribution is 6.32. The largest absolute Gasteiger partial charge is 0.484 e. The van der Waals surface area contributed by atoms with Crippen LogP contribution >= 0.6 is 11.6 Å². The molecule has 0 aromatic heterocycles. The van der Waals surface area contributed by atoms with Crippen molar-refractivity contribution in [3.8, 4) is 5.75 Å². The van der Waals surface area contributed by atoms with Gasteiger partial charge in [-0.15, -0.1) is 0 Å². The highest BCUT2D eigenvalue weighted by atomic mass is 35.5. The average Bonchev–Trinajstić information content (AvgIpc) is 2.38. The summed E-state index contributed by atoms with van der Waals surface area (Å²) < 4.78 is 18.1. The predicted molar refractivity (Wildman–Crippen MR) is 67.7 cm³/mol. The van der Waals surface area contributed by atoms with Crippen LogP contribution in [0.3, 0.4) is 0 Å². The van der Waals surface area contributed by atoms with E-state index in [4.69, 9.17) is 16.3 Å². The van der Waals surface area contributed by atoms with E-state index in [0.717, 1.165) is 6.07 Å². The topological polar surface area (TPSA) is 26.3 Å². The van der Waals surface area contributed by atoms with Crippen molar-refractivity contribution >= 4 is 17.4 Å². The summed E-state index contributed by atoms with van der Waals surface area (Å²) in [6, 6.07) is 12.6. The Labute approximate surface area is 109 Å². The third-order valence-electron chi connectivity index (χ3n) is 2.35. The van der Waals surface area contributed by atoms with Gasteiger partial charge in [-0.3, -0.25) is 4.79 Å². The first-order chi connectivity index (χ1) is 8.66. The molecule has 0 spiro atoms. The monoisotopic (exact) mass is 264 g/mol. The Morgan fingerprint density at radius 1 is 1.17 bits per heavy atom. The molecule has 0 heterocycles. The van der Waals surface area contributed by atoms with Gasteiger partial charge < -0.3 is 4.74 Å². The standard InChI is InChI=1S/C14H10ClFO2/c15-12-8-11(16)6-7-14(12)18-9-13(17)10-4-2-1-3-5-10/h1-8H,9H2. The molecule has 0 radical (unpaired) electrons. The normalized spacial score (nSPS) is 10.1. The van der Waals surface area contributed by atoms with Gasteiger partial charge in [0, 0.05) is 5.56 Å². The van der Waals surface area contributed by atoms with E-state index in [1.807, 2.05) is 6.07 Å². The van der Waals surface area contributed by atoms with Gasteiger partial charge in [-0.1, -0.05) is 41.9 Å². The lowest BCUT2D eigenvalue weighted by atomic mass is 10.1. The summed E-state index contributed by atoms with van der Waals surface area (Å²) in [5.74, 6) is -0.305. The van der Waals surface area contributed by atoms with Crippen molar-refractivity contribution in [3.05, 3.63) is 64.9 Å². The number of benzene rings is 2. The number of carbonyl (C=O) groups excluding carboxylic acids is 1. The van der Waals surface area contributed by atoms with Gasteiger partial charge in [-0.05, 0) is 18.2 Å². The van der Waals surface area contributed by atoms with Gasteiger partial charge in [-0.2, -0.15) is 0 Å². The van der Waals surface area contributed by atoms with Crippen LogP contribution in [0, 0.1) is 5.82 Å². The lowest BCUT2D eigenvalue weighted by Crippen LogP contribution is -2.11. The maximum atomic E-state index is 12.8. The van der Waals surface area contributed by atoms with Crippen LogP contribution < -0.4 is 4.74 Å². The van der Waals surface area contributed by atoms with E-state index in [1.54, 1.807) is 24.3 Å². The molecule has 0 aliphatic heterocycles. The molecule has 0 amide bonds. The Bertz CT molecular complexity index is 555. The summed E-state index contributed by atoms with van der Waals surface area (Å²) in [6.07, 6.45) is 0. The zero-order chi connectivity index (χ0) is 13.0. The second-order valence-electron chi connectivity index (χ2n) is 3.65. The van der Waals surface area contributed by atoms with Gasteiger partial charge in [0.1, 0.15) is 11.6 Å². The highest BCUT2D eigenvalue weighted by Gasteiger charge is 2.08. The van der Waals surface area contributed by atoms with Gasteiger partial charge in [0.05, 0.1) is 5.02 Å². The van der Waals surface area contributed by atoms with Crippen LogP contribution in [0.4, 0.5) is 4.39 Å². The van der Waals surface area contributed by atoms with Crippen molar-refractivity contribution in [2.24, 2.45) is 0 Å². The predicted octanol–water partition coefficient (Wildman–Crippen LogP) is 3.74. The van der Waals surface area contributed by atoms with Gasteiger partial charge in [0.15, 0.2) is 12.4 Å². The van der Waals surface area contributed by atoms with E-state index < -0.39 is 5.82 Å². The highest BCUT2D eigenvalue weighted by Crippen LogP contribution is 2.24. The Morgan fingerprint density at radius 3 is 2.56 bits per heavy atom. The zero-order valence-corrected chi connectivity index (χ0v) is 10.2. The molecule has 18 heavy (non-hydrogen) atoms. The van der Waals surface area contributed by atoms with Crippen LogP contribution in [0.1, 0.15) is 10.4 Å². The molecule has 0 N–H and O–H groups in total. The lowest BCUT2D eigenvalue weighted by Gasteiger charge is -2.07. The number of hydrogen-bond acceptors (Lipinski definition) is 2. The van der Waals surface area contributed by atoms with Crippen LogP contribution in [0.5, 0.6) is 5.75 Å². The van der Waals surface area contributed by atoms with Gasteiger partial charge in [0.25, 0.3) is 0 Å². The van der Waals surface area contributed by atoms with Crippen molar-refractivity contribution < 1.29 is 13.9 Å². The average molecular weight is 265 g/mol. The summed E-state index contributed by atoms with van der Waals surface area (Å²) in [5.41, 5.74) is 0.565. The van der Waals surface area contributed by atoms with Crippen LogP contribution in [0.25, 0.3) is 0 Å². The summed E-state index contributed by atoms with van der Waals surface area (Å²) >= 11 is 5.78. The number of halogens is 2. The number of rotatable bonds is 4. The second-order valence-corrected chi connectivity index (χ2v) is 4.06. The molecule has 0 aliphatic rings. The molecule has 2 aromatic carbocycles. The third kappa shape index (κ3) is 3.08. The molecule has 0 saturated heterocycles. The molecular formula is C14H10ClFO2. The molecule has 0 saturated carbocycles. The Balaban J connectivity index is 2.02. The first-order valence-electron chi connectivity index (χ1n) is 5.33. The van der Waals surface area contributed by atoms with Crippen molar-refractivity contribution in [2.75, 3.05) is 6.61 Å². The molecule has 4 heteroatoms. The van der Waals surface area contributed by atoms with Crippen LogP contribution in [-0.4, -0.2) is 12.4 Å². The van der Waals surface area contributed by atoms with E-state index in [-0.39, 0.29) is 17.4 Å². The van der Waals surface area contributed by atoms with Crippen LogP contribution in [0.2, 0.25) is 5.02 Å². The van der Waals surface area contributed by atoms with Crippen molar-refractivity contribution in [1.29, 1.82) is 0 Å². The Hall–Kier alpha value is -1.87. The van der Waals surface area contributed by atoms with Gasteiger partial charge in [-0.25, -0.2) is 4.39 Å². The van der Waals surface area contributed by atoms with Gasteiger partial charge >= 0.3 is 0 Å². The van der Waals surface area contributed by atoms with E-state index >= 15 is 0 Å². The van der Waals surface area contributed by atoms with E-state index in [1.165, 1.54) is 12.1 Å². The molecule has 0 unspecified atom stereocenters. The maximum Gasteiger partial charge on any atom is 0.200 e. The SMILES string of the molecule is O=C(COc1ccc(F)cc1Cl)c1ccccc1. The number of ketones is 1. The van der Waals surface area contributed by atoms with Gasteiger partial charge in [0.2, 0.25) is 0 Å². The first kappa shape index (κ1) is 12.6. The smallest absolute Gasteiger partial charge is 0.200 e. The Kier molecular flexibility index (Phi) is 3.95. The second kappa shape index (κ2) is 5.65. The van der Waals surface area contributed by atoms with Crippen molar-refractivity contribution in [2.45, 2.75) is 0 Å². The molecule has 0 fully saturated rings. The molecule has 2 aromatic rings. The van der Waals surface area contributed by atoms with E-state index in [2.05, 4.69) is 0 Å². The number of Topliss-reactive ketones (excluding diaryl/α,β-unsaturated/α-hetero) is 1. The summed E-state index contributed by atoms with van der Waals surface area (Å²) in [6.45, 7) is -0.130. The molecule has 0 bridgehead atoms. The number of hydrogen-bond donors (Lipinski definition) is 0. The quantitative estimate of drug-likeness (QED) is 0.787. The molecular weight excluding hydrogens is 255 g/mol. The summed E-state index contributed by atoms with van der Waals surface area (Å²) in [7, 11) is 0. The molecule has 2 rings (SSSR count). The first-order valence-corrected chi connectivity index (χ1v) is 5.71. The fourth-order valence-corrected chi connectivity index (χ4v) is 1.66. The van der Waals surface area contributed by atoms with Crippen molar-refractivity contribution in [3.63, 3.8) is 0 Å². The number of carbonyl (C=O) groups is 1. The number of ether oxygens (including phenoxy) is 1. The lowest BCUT2D eigenvalue weighted by molar-refractivity contribution is 0.0921. The third-order valence-corrected chi connectivity index (χ3v) is 2.64. The van der Waals surface area contributed by atoms with Crippen molar-refractivity contribution in [1.82, 2.24) is 0 Å². The molecule has 92 valence electrons. The minimum atomic E-state index is -0.443. The summed E-state index contributed by atoms with van der Waals surface area (Å²) in [4.78, 5) is 11.8. The maximum absolute atomic E-state index is 12.8. The van der Waals surface area contributed by atoms with Crippen LogP contribution in [-0.2, 0) is 0 Å². The fraction of sp³-hybridized carbons (Fsp3) is 0.0714. The van der Waals surface area contributed by atoms with Crippen LogP contribution in [0.15, 0.2) is 48.5 Å². The minimum absolute atomic E-state index is 0.130. The fourth-order valence-electron chi connectivity index (χ4n) is 1.44. The van der Waals surface area contributed by atoms with E-state index in [9.17, 15) is 9.18 Å². The molecule has 2 nitrogen and oxygen atoms in total. The van der Waals surface area contributed by atoms with E-state index in [0.29, 0.717) is 11.3 Å².